The Balaban J connectivity index is 1.91. The predicted molar refractivity (Wildman–Crippen MR) is 124 cm³/mol. The highest BCUT2D eigenvalue weighted by Gasteiger charge is 2.26. The van der Waals surface area contributed by atoms with Gasteiger partial charge < -0.3 is 10.4 Å². The summed E-state index contributed by atoms with van der Waals surface area (Å²) in [6.45, 7) is 1.70. The summed E-state index contributed by atoms with van der Waals surface area (Å²) < 4.78 is 0. The quantitative estimate of drug-likeness (QED) is 0.403. The SMILES string of the molecule is CC1N=C(c2ccccc2Cl)c2c(N=Nc3c(Cl)cc(O)cc3Cl)cccc2NC1=O. The maximum atomic E-state index is 12.5. The highest BCUT2D eigenvalue weighted by molar-refractivity contribution is 6.39. The average Bonchev–Trinajstić information content (AvgIpc) is 2.84. The zero-order valence-electron chi connectivity index (χ0n) is 16.1. The number of amides is 1. The summed E-state index contributed by atoms with van der Waals surface area (Å²) in [5.74, 6) is -0.325. The fourth-order valence-corrected chi connectivity index (χ4v) is 3.92. The highest BCUT2D eigenvalue weighted by atomic mass is 35.5. The third-order valence-corrected chi connectivity index (χ3v) is 5.53. The Labute approximate surface area is 193 Å². The molecule has 0 bridgehead atoms. The van der Waals surface area contributed by atoms with Crippen molar-refractivity contribution in [3.05, 3.63) is 80.8 Å². The molecule has 1 amide bonds. The van der Waals surface area contributed by atoms with E-state index in [1.165, 1.54) is 12.1 Å². The molecule has 0 aliphatic carbocycles. The van der Waals surface area contributed by atoms with Crippen molar-refractivity contribution in [2.75, 3.05) is 5.32 Å². The van der Waals surface area contributed by atoms with Gasteiger partial charge in [-0.05, 0) is 25.1 Å². The molecule has 1 aliphatic heterocycles. The molecule has 2 N–H and O–H groups in total. The number of azo groups is 1. The first kappa shape index (κ1) is 21.3. The molecule has 6 nitrogen and oxygen atoms in total. The number of anilines is 1. The third-order valence-electron chi connectivity index (χ3n) is 4.63. The van der Waals surface area contributed by atoms with Gasteiger partial charge in [0.25, 0.3) is 0 Å². The number of carbonyl (C=O) groups is 1. The summed E-state index contributed by atoms with van der Waals surface area (Å²) in [4.78, 5) is 17.1. The molecule has 156 valence electrons. The molecule has 9 heteroatoms. The topological polar surface area (TPSA) is 86.4 Å². The largest absolute Gasteiger partial charge is 0.508 e. The fourth-order valence-electron chi connectivity index (χ4n) is 3.14. The molecule has 1 heterocycles. The third kappa shape index (κ3) is 4.28. The Morgan fingerprint density at radius 1 is 0.968 bits per heavy atom. The summed E-state index contributed by atoms with van der Waals surface area (Å²) in [7, 11) is 0. The maximum absolute atomic E-state index is 12.5. The lowest BCUT2D eigenvalue weighted by molar-refractivity contribution is -0.116. The predicted octanol–water partition coefficient (Wildman–Crippen LogP) is 6.95. The number of benzene rings is 3. The van der Waals surface area contributed by atoms with Crippen molar-refractivity contribution < 1.29 is 9.90 Å². The molecule has 3 aromatic carbocycles. The van der Waals surface area contributed by atoms with Crippen molar-refractivity contribution in [1.82, 2.24) is 0 Å². The standard InChI is InChI=1S/C22H15Cl3N4O2/c1-11-22(31)27-17-7-4-8-18(28-29-21-15(24)9-12(30)10-16(21)25)19(17)20(26-11)13-5-2-3-6-14(13)23/h2-11,30H,1H3,(H,27,31). The van der Waals surface area contributed by atoms with Crippen molar-refractivity contribution in [3.8, 4) is 5.75 Å². The van der Waals surface area contributed by atoms with E-state index in [4.69, 9.17) is 34.8 Å². The fraction of sp³-hybridized carbons (Fsp3) is 0.0909. The first-order valence-corrected chi connectivity index (χ1v) is 10.3. The van der Waals surface area contributed by atoms with E-state index < -0.39 is 6.04 Å². The van der Waals surface area contributed by atoms with Gasteiger partial charge in [-0.25, -0.2) is 0 Å². The lowest BCUT2D eigenvalue weighted by atomic mass is 9.99. The normalized spacial score (nSPS) is 15.9. The number of nitrogens with zero attached hydrogens (tertiary/aromatic N) is 3. The number of nitrogens with one attached hydrogen (secondary N) is 1. The number of phenols is 1. The van der Waals surface area contributed by atoms with E-state index in [-0.39, 0.29) is 27.4 Å². The van der Waals surface area contributed by atoms with Crippen LogP contribution in [0.2, 0.25) is 15.1 Å². The van der Waals surface area contributed by atoms with Gasteiger partial charge in [-0.3, -0.25) is 9.79 Å². The molecule has 0 radical (unpaired) electrons. The van der Waals surface area contributed by atoms with E-state index in [1.54, 1.807) is 31.2 Å². The monoisotopic (exact) mass is 472 g/mol. The van der Waals surface area contributed by atoms with E-state index in [1.807, 2.05) is 18.2 Å². The molecule has 0 spiro atoms. The molecule has 4 rings (SSSR count). The average molecular weight is 474 g/mol. The molecule has 0 saturated carbocycles. The number of halogens is 3. The number of rotatable bonds is 3. The summed E-state index contributed by atoms with van der Waals surface area (Å²) in [5.41, 5.74) is 2.93. The molecule has 1 atom stereocenters. The number of hydrogen-bond acceptors (Lipinski definition) is 5. The smallest absolute Gasteiger partial charge is 0.248 e. The van der Waals surface area contributed by atoms with Crippen molar-refractivity contribution in [2.45, 2.75) is 13.0 Å². The molecular weight excluding hydrogens is 459 g/mol. The molecule has 0 aromatic heterocycles. The lowest BCUT2D eigenvalue weighted by Gasteiger charge is -2.13. The van der Waals surface area contributed by atoms with Gasteiger partial charge in [0.15, 0.2) is 0 Å². The number of aliphatic imine (C=N–C) groups is 1. The van der Waals surface area contributed by atoms with Crippen LogP contribution < -0.4 is 5.32 Å². The number of benzodiazepines with no additional fused rings is 1. The Morgan fingerprint density at radius 2 is 1.68 bits per heavy atom. The molecular formula is C22H15Cl3N4O2. The second-order valence-electron chi connectivity index (χ2n) is 6.78. The minimum atomic E-state index is -0.635. The molecule has 1 unspecified atom stereocenters. The van der Waals surface area contributed by atoms with Gasteiger partial charge in [0.05, 0.1) is 32.7 Å². The van der Waals surface area contributed by atoms with Crippen LogP contribution in [-0.2, 0) is 4.79 Å². The summed E-state index contributed by atoms with van der Waals surface area (Å²) in [6.07, 6.45) is 0. The van der Waals surface area contributed by atoms with Crippen LogP contribution in [0, 0.1) is 0 Å². The van der Waals surface area contributed by atoms with E-state index in [0.717, 1.165) is 0 Å². The van der Waals surface area contributed by atoms with E-state index in [0.29, 0.717) is 33.2 Å². The van der Waals surface area contributed by atoms with Crippen LogP contribution in [0.5, 0.6) is 5.75 Å². The summed E-state index contributed by atoms with van der Waals surface area (Å²) in [5, 5.41) is 21.8. The molecule has 31 heavy (non-hydrogen) atoms. The van der Waals surface area contributed by atoms with Crippen molar-refractivity contribution >= 4 is 63.5 Å². The van der Waals surface area contributed by atoms with Crippen molar-refractivity contribution in [1.29, 1.82) is 0 Å². The Bertz CT molecular complexity index is 1230. The highest BCUT2D eigenvalue weighted by Crippen LogP contribution is 2.39. The van der Waals surface area contributed by atoms with Gasteiger partial charge in [-0.2, -0.15) is 0 Å². The Morgan fingerprint density at radius 3 is 2.39 bits per heavy atom. The molecule has 1 aliphatic rings. The van der Waals surface area contributed by atoms with Crippen LogP contribution in [0.4, 0.5) is 17.1 Å². The second kappa shape index (κ2) is 8.67. The van der Waals surface area contributed by atoms with Gasteiger partial charge in [0.2, 0.25) is 5.91 Å². The van der Waals surface area contributed by atoms with Gasteiger partial charge in [-0.1, -0.05) is 59.1 Å². The molecule has 3 aromatic rings. The van der Waals surface area contributed by atoms with Crippen LogP contribution in [-0.4, -0.2) is 22.8 Å². The van der Waals surface area contributed by atoms with Gasteiger partial charge in [-0.15, -0.1) is 10.2 Å². The van der Waals surface area contributed by atoms with E-state index >= 15 is 0 Å². The van der Waals surface area contributed by atoms with Gasteiger partial charge in [0.1, 0.15) is 17.5 Å². The lowest BCUT2D eigenvalue weighted by Crippen LogP contribution is -2.22. The first-order valence-electron chi connectivity index (χ1n) is 9.22. The number of phenolic OH excluding ortho intramolecular Hbond substituents is 1. The van der Waals surface area contributed by atoms with Gasteiger partial charge >= 0.3 is 0 Å². The van der Waals surface area contributed by atoms with E-state index in [9.17, 15) is 9.90 Å². The maximum Gasteiger partial charge on any atom is 0.248 e. The zero-order chi connectivity index (χ0) is 22.1. The number of hydrogen-bond donors (Lipinski definition) is 2. The first-order chi connectivity index (χ1) is 14.8. The van der Waals surface area contributed by atoms with Crippen LogP contribution >= 0.6 is 34.8 Å². The van der Waals surface area contributed by atoms with Crippen molar-refractivity contribution in [2.24, 2.45) is 15.2 Å². The van der Waals surface area contributed by atoms with Gasteiger partial charge in [0, 0.05) is 22.7 Å². The molecule has 0 saturated heterocycles. The number of aromatic hydroxyl groups is 1. The number of carbonyl (C=O) groups excluding carboxylic acids is 1. The molecule has 0 fully saturated rings. The van der Waals surface area contributed by atoms with Crippen LogP contribution in [0.1, 0.15) is 18.1 Å². The number of fused-ring (bicyclic) bond motifs is 1. The van der Waals surface area contributed by atoms with Crippen LogP contribution in [0.25, 0.3) is 0 Å². The van der Waals surface area contributed by atoms with Crippen molar-refractivity contribution in [3.63, 3.8) is 0 Å². The Kier molecular flexibility index (Phi) is 5.96. The minimum absolute atomic E-state index is 0.0765. The zero-order valence-corrected chi connectivity index (χ0v) is 18.4. The van der Waals surface area contributed by atoms with Crippen LogP contribution in [0.3, 0.4) is 0 Å². The summed E-state index contributed by atoms with van der Waals surface area (Å²) >= 11 is 18.8. The second-order valence-corrected chi connectivity index (χ2v) is 8.00. The minimum Gasteiger partial charge on any atom is -0.508 e. The Hall–Kier alpha value is -2.93. The van der Waals surface area contributed by atoms with E-state index in [2.05, 4.69) is 20.5 Å². The van der Waals surface area contributed by atoms with Crippen LogP contribution in [0.15, 0.2) is 69.8 Å². The summed E-state index contributed by atoms with van der Waals surface area (Å²) in [6, 6.07) is 14.5.